The summed E-state index contributed by atoms with van der Waals surface area (Å²) < 4.78 is 52.4. The van der Waals surface area contributed by atoms with E-state index in [4.69, 9.17) is 0 Å². The molecule has 25 heavy (non-hydrogen) atoms. The van der Waals surface area contributed by atoms with Crippen molar-refractivity contribution in [1.82, 2.24) is 4.31 Å². The van der Waals surface area contributed by atoms with Crippen LogP contribution in [0.3, 0.4) is 0 Å². The van der Waals surface area contributed by atoms with Gasteiger partial charge in [0.15, 0.2) is 0 Å². The number of anilines is 1. The molecule has 1 amide bonds. The van der Waals surface area contributed by atoms with Gasteiger partial charge in [0, 0.05) is 25.8 Å². The Morgan fingerprint density at radius 3 is 2.28 bits per heavy atom. The van der Waals surface area contributed by atoms with Crippen LogP contribution in [0.25, 0.3) is 0 Å². The highest BCUT2D eigenvalue weighted by atomic mass is 32.2. The van der Waals surface area contributed by atoms with E-state index in [0.717, 1.165) is 16.4 Å². The fraction of sp³-hybridized carbons (Fsp3) is 0.235. The molecule has 2 aromatic carbocycles. The van der Waals surface area contributed by atoms with Crippen LogP contribution in [-0.4, -0.2) is 32.7 Å². The van der Waals surface area contributed by atoms with Crippen molar-refractivity contribution < 1.29 is 22.0 Å². The molecule has 2 rings (SSSR count). The van der Waals surface area contributed by atoms with Gasteiger partial charge in [-0.15, -0.1) is 0 Å². The predicted molar refractivity (Wildman–Crippen MR) is 91.1 cm³/mol. The lowest BCUT2D eigenvalue weighted by Crippen LogP contribution is -2.23. The summed E-state index contributed by atoms with van der Waals surface area (Å²) in [7, 11) is -0.896. The Morgan fingerprint density at radius 1 is 1.08 bits per heavy atom. The maximum atomic E-state index is 13.8. The van der Waals surface area contributed by atoms with Crippen LogP contribution in [0.5, 0.6) is 0 Å². The van der Waals surface area contributed by atoms with E-state index in [1.165, 1.54) is 26.2 Å². The fourth-order valence-electron chi connectivity index (χ4n) is 2.18. The number of carbonyl (C=O) groups is 1. The van der Waals surface area contributed by atoms with Crippen molar-refractivity contribution in [3.63, 3.8) is 0 Å². The van der Waals surface area contributed by atoms with E-state index >= 15 is 0 Å². The highest BCUT2D eigenvalue weighted by Gasteiger charge is 2.21. The SMILES string of the molecule is Cc1cc(S(=O)(=O)N(C)C)cc(NC(=O)c2ccc(F)cc2F)c1C. The molecule has 0 aliphatic heterocycles. The Bertz CT molecular complexity index is 941. The lowest BCUT2D eigenvalue weighted by atomic mass is 10.1. The van der Waals surface area contributed by atoms with Gasteiger partial charge in [0.05, 0.1) is 10.5 Å². The van der Waals surface area contributed by atoms with E-state index in [9.17, 15) is 22.0 Å². The van der Waals surface area contributed by atoms with Crippen LogP contribution in [0.4, 0.5) is 14.5 Å². The van der Waals surface area contributed by atoms with Crippen LogP contribution in [0.2, 0.25) is 0 Å². The zero-order valence-electron chi connectivity index (χ0n) is 14.2. The maximum Gasteiger partial charge on any atom is 0.258 e. The number of hydrogen-bond acceptors (Lipinski definition) is 3. The van der Waals surface area contributed by atoms with Crippen LogP contribution in [0.1, 0.15) is 21.5 Å². The van der Waals surface area contributed by atoms with Gasteiger partial charge < -0.3 is 5.32 Å². The molecule has 0 unspecified atom stereocenters. The second-order valence-corrected chi connectivity index (χ2v) is 7.93. The zero-order valence-corrected chi connectivity index (χ0v) is 15.0. The molecule has 0 fully saturated rings. The molecular weight excluding hydrogens is 350 g/mol. The summed E-state index contributed by atoms with van der Waals surface area (Å²) in [6.07, 6.45) is 0. The van der Waals surface area contributed by atoms with Gasteiger partial charge in [-0.3, -0.25) is 4.79 Å². The number of halogens is 2. The molecule has 0 radical (unpaired) electrons. The molecule has 0 aliphatic rings. The Hall–Kier alpha value is -2.32. The third-order valence-electron chi connectivity index (χ3n) is 3.84. The minimum absolute atomic E-state index is 0.00970. The quantitative estimate of drug-likeness (QED) is 0.902. The van der Waals surface area contributed by atoms with Crippen LogP contribution in [0, 0.1) is 25.5 Å². The number of hydrogen-bond donors (Lipinski definition) is 1. The molecule has 1 N–H and O–H groups in total. The van der Waals surface area contributed by atoms with Crippen molar-refractivity contribution in [1.29, 1.82) is 0 Å². The number of rotatable bonds is 4. The van der Waals surface area contributed by atoms with Crippen LogP contribution >= 0.6 is 0 Å². The van der Waals surface area contributed by atoms with Gasteiger partial charge in [-0.2, -0.15) is 0 Å². The molecule has 5 nitrogen and oxygen atoms in total. The van der Waals surface area contributed by atoms with Crippen molar-refractivity contribution in [2.45, 2.75) is 18.7 Å². The van der Waals surface area contributed by atoms with E-state index < -0.39 is 27.6 Å². The van der Waals surface area contributed by atoms with E-state index in [0.29, 0.717) is 17.2 Å². The molecule has 0 spiro atoms. The monoisotopic (exact) mass is 368 g/mol. The molecule has 0 heterocycles. The molecule has 134 valence electrons. The van der Waals surface area contributed by atoms with E-state index in [1.807, 2.05) is 0 Å². The lowest BCUT2D eigenvalue weighted by molar-refractivity contribution is 0.102. The van der Waals surface area contributed by atoms with Gasteiger partial charge in [0.2, 0.25) is 10.0 Å². The molecular formula is C17H18F2N2O3S. The molecule has 0 saturated carbocycles. The van der Waals surface area contributed by atoms with Crippen LogP contribution in [0.15, 0.2) is 35.2 Å². The van der Waals surface area contributed by atoms with Crippen molar-refractivity contribution in [3.05, 3.63) is 58.7 Å². The van der Waals surface area contributed by atoms with Crippen molar-refractivity contribution in [3.8, 4) is 0 Å². The minimum atomic E-state index is -3.69. The molecule has 0 aliphatic carbocycles. The summed E-state index contributed by atoms with van der Waals surface area (Å²) in [5.74, 6) is -2.58. The van der Waals surface area contributed by atoms with Gasteiger partial charge in [-0.1, -0.05) is 0 Å². The maximum absolute atomic E-state index is 13.8. The Kier molecular flexibility index (Phi) is 5.24. The third kappa shape index (κ3) is 3.85. The van der Waals surface area contributed by atoms with Gasteiger partial charge >= 0.3 is 0 Å². The summed E-state index contributed by atoms with van der Waals surface area (Å²) in [6, 6.07) is 5.43. The Labute approximate surface area is 145 Å². The van der Waals surface area contributed by atoms with Gasteiger partial charge in [0.25, 0.3) is 5.91 Å². The average molecular weight is 368 g/mol. The van der Waals surface area contributed by atoms with Gasteiger partial charge in [0.1, 0.15) is 11.6 Å². The molecule has 2 aromatic rings. The van der Waals surface area contributed by atoms with E-state index in [1.54, 1.807) is 13.8 Å². The Balaban J connectivity index is 2.46. The van der Waals surface area contributed by atoms with Crippen molar-refractivity contribution >= 4 is 21.6 Å². The lowest BCUT2D eigenvalue weighted by Gasteiger charge is -2.16. The van der Waals surface area contributed by atoms with Crippen LogP contribution < -0.4 is 5.32 Å². The first-order valence-corrected chi connectivity index (χ1v) is 8.78. The average Bonchev–Trinajstić information content (AvgIpc) is 2.51. The molecule has 0 aromatic heterocycles. The summed E-state index contributed by atoms with van der Waals surface area (Å²) in [5.41, 5.74) is 1.21. The summed E-state index contributed by atoms with van der Waals surface area (Å²) in [4.78, 5) is 12.3. The largest absolute Gasteiger partial charge is 0.322 e. The van der Waals surface area contributed by atoms with Gasteiger partial charge in [-0.25, -0.2) is 21.5 Å². The third-order valence-corrected chi connectivity index (χ3v) is 5.64. The van der Waals surface area contributed by atoms with E-state index in [2.05, 4.69) is 5.32 Å². The number of sulfonamides is 1. The fourth-order valence-corrected chi connectivity index (χ4v) is 3.19. The topological polar surface area (TPSA) is 66.5 Å². The minimum Gasteiger partial charge on any atom is -0.322 e. The number of benzene rings is 2. The number of nitrogens with one attached hydrogen (secondary N) is 1. The number of aryl methyl sites for hydroxylation is 1. The smallest absolute Gasteiger partial charge is 0.258 e. The first-order chi connectivity index (χ1) is 11.5. The highest BCUT2D eigenvalue weighted by molar-refractivity contribution is 7.89. The van der Waals surface area contributed by atoms with E-state index in [-0.39, 0.29) is 16.1 Å². The van der Waals surface area contributed by atoms with Crippen molar-refractivity contribution in [2.75, 3.05) is 19.4 Å². The van der Waals surface area contributed by atoms with Crippen LogP contribution in [-0.2, 0) is 10.0 Å². The molecule has 0 saturated heterocycles. The number of nitrogens with zero attached hydrogens (tertiary/aromatic N) is 1. The summed E-state index contributed by atoms with van der Waals surface area (Å²) >= 11 is 0. The molecule has 0 atom stereocenters. The molecule has 8 heteroatoms. The normalized spacial score (nSPS) is 11.6. The summed E-state index contributed by atoms with van der Waals surface area (Å²) in [5, 5.41) is 2.49. The van der Waals surface area contributed by atoms with Crippen molar-refractivity contribution in [2.24, 2.45) is 0 Å². The van der Waals surface area contributed by atoms with Gasteiger partial charge in [-0.05, 0) is 49.2 Å². The second kappa shape index (κ2) is 6.89. The summed E-state index contributed by atoms with van der Waals surface area (Å²) in [6.45, 7) is 3.41. The highest BCUT2D eigenvalue weighted by Crippen LogP contribution is 2.26. The first kappa shape index (κ1) is 19.0. The molecule has 0 bridgehead atoms. The Morgan fingerprint density at radius 2 is 1.72 bits per heavy atom. The number of carbonyl (C=O) groups excluding carboxylic acids is 1. The zero-order chi connectivity index (χ0) is 18.9. The predicted octanol–water partition coefficient (Wildman–Crippen LogP) is 3.08. The number of amides is 1. The first-order valence-electron chi connectivity index (χ1n) is 7.34. The standard InChI is InChI=1S/C17H18F2N2O3S/c1-10-7-13(25(23,24)21(3)4)9-16(11(10)2)20-17(22)14-6-5-12(18)8-15(14)19/h5-9H,1-4H3,(H,20,22). The second-order valence-electron chi connectivity index (χ2n) is 5.78.